The number of carboxylic acids is 1. The zero-order valence-electron chi connectivity index (χ0n) is 11.4. The Morgan fingerprint density at radius 3 is 2.48 bits per heavy atom. The van der Waals surface area contributed by atoms with E-state index in [1.165, 1.54) is 17.0 Å². The molecule has 2 rings (SSSR count). The monoisotopic (exact) mass is 294 g/mol. The summed E-state index contributed by atoms with van der Waals surface area (Å²) in [7, 11) is 0. The first kappa shape index (κ1) is 15.1. The molecule has 1 aromatic carbocycles. The highest BCUT2D eigenvalue weighted by Gasteiger charge is 2.35. The number of carbonyl (C=O) groups is 2. The first-order chi connectivity index (χ1) is 9.88. The standard InChI is InChI=1S/C14H18N2O5/c15-10(5-8-1-4-11(17)12(18)6-8)14(21)16(7-13(19)20)9-2-3-9/h1,4,6,9-10,17-18H,2-3,5,7,15H2,(H,19,20)/t10-/m0/s1. The topological polar surface area (TPSA) is 124 Å². The summed E-state index contributed by atoms with van der Waals surface area (Å²) < 4.78 is 0. The number of amides is 1. The van der Waals surface area contributed by atoms with Crippen molar-refractivity contribution < 1.29 is 24.9 Å². The van der Waals surface area contributed by atoms with Crippen LogP contribution < -0.4 is 5.73 Å². The molecule has 0 bridgehead atoms. The molecule has 0 aromatic heterocycles. The third-order valence-electron chi connectivity index (χ3n) is 3.39. The Bertz CT molecular complexity index is 556. The molecule has 114 valence electrons. The molecular formula is C14H18N2O5. The van der Waals surface area contributed by atoms with Gasteiger partial charge in [-0.05, 0) is 37.0 Å². The van der Waals surface area contributed by atoms with Gasteiger partial charge in [-0.1, -0.05) is 6.07 Å². The number of phenols is 2. The van der Waals surface area contributed by atoms with E-state index in [1.54, 1.807) is 6.07 Å². The van der Waals surface area contributed by atoms with Crippen LogP contribution in [0.3, 0.4) is 0 Å². The van der Waals surface area contributed by atoms with Gasteiger partial charge >= 0.3 is 5.97 Å². The number of aliphatic carboxylic acids is 1. The Morgan fingerprint density at radius 2 is 1.95 bits per heavy atom. The lowest BCUT2D eigenvalue weighted by atomic mass is 10.0. The summed E-state index contributed by atoms with van der Waals surface area (Å²) in [6, 6.07) is 3.29. The van der Waals surface area contributed by atoms with Crippen LogP contribution in [-0.2, 0) is 16.0 Å². The molecule has 1 atom stereocenters. The number of carboxylic acid groups (broad SMARTS) is 1. The number of hydrogen-bond acceptors (Lipinski definition) is 5. The molecule has 1 fully saturated rings. The van der Waals surface area contributed by atoms with E-state index in [1.807, 2.05) is 0 Å². The fourth-order valence-electron chi connectivity index (χ4n) is 2.17. The molecular weight excluding hydrogens is 276 g/mol. The van der Waals surface area contributed by atoms with Crippen LogP contribution in [0.5, 0.6) is 11.5 Å². The van der Waals surface area contributed by atoms with Crippen LogP contribution in [0.1, 0.15) is 18.4 Å². The lowest BCUT2D eigenvalue weighted by molar-refractivity contribution is -0.145. The number of carbonyl (C=O) groups excluding carboxylic acids is 1. The molecule has 5 N–H and O–H groups in total. The molecule has 21 heavy (non-hydrogen) atoms. The lowest BCUT2D eigenvalue weighted by Crippen LogP contribution is -2.47. The van der Waals surface area contributed by atoms with Gasteiger partial charge in [-0.2, -0.15) is 0 Å². The molecule has 1 aromatic rings. The second kappa shape index (κ2) is 6.01. The molecule has 0 spiro atoms. The van der Waals surface area contributed by atoms with Crippen LogP contribution in [-0.4, -0.2) is 50.7 Å². The van der Waals surface area contributed by atoms with Crippen LogP contribution in [0.4, 0.5) is 0 Å². The molecule has 1 amide bonds. The molecule has 1 saturated carbocycles. The molecule has 0 saturated heterocycles. The van der Waals surface area contributed by atoms with Gasteiger partial charge in [0.25, 0.3) is 0 Å². The minimum Gasteiger partial charge on any atom is -0.504 e. The fraction of sp³-hybridized carbons (Fsp3) is 0.429. The van der Waals surface area contributed by atoms with Crippen LogP contribution in [0.15, 0.2) is 18.2 Å². The average molecular weight is 294 g/mol. The summed E-state index contributed by atoms with van der Waals surface area (Å²) >= 11 is 0. The van der Waals surface area contributed by atoms with E-state index in [0.29, 0.717) is 5.56 Å². The molecule has 7 nitrogen and oxygen atoms in total. The number of benzene rings is 1. The van der Waals surface area contributed by atoms with E-state index in [4.69, 9.17) is 10.8 Å². The Kier molecular flexibility index (Phi) is 4.32. The second-order valence-corrected chi connectivity index (χ2v) is 5.22. The van der Waals surface area contributed by atoms with E-state index >= 15 is 0 Å². The van der Waals surface area contributed by atoms with Crippen molar-refractivity contribution in [2.75, 3.05) is 6.54 Å². The van der Waals surface area contributed by atoms with E-state index < -0.39 is 17.9 Å². The highest BCUT2D eigenvalue weighted by Crippen LogP contribution is 2.28. The molecule has 0 unspecified atom stereocenters. The quantitative estimate of drug-likeness (QED) is 0.549. The number of aromatic hydroxyl groups is 2. The van der Waals surface area contributed by atoms with Crippen LogP contribution in [0, 0.1) is 0 Å². The molecule has 0 aliphatic heterocycles. The fourth-order valence-corrected chi connectivity index (χ4v) is 2.17. The van der Waals surface area contributed by atoms with E-state index in [0.717, 1.165) is 12.8 Å². The third-order valence-corrected chi connectivity index (χ3v) is 3.39. The van der Waals surface area contributed by atoms with Gasteiger partial charge in [0.15, 0.2) is 11.5 Å². The maximum absolute atomic E-state index is 12.2. The highest BCUT2D eigenvalue weighted by molar-refractivity contribution is 5.86. The van der Waals surface area contributed by atoms with Crippen molar-refractivity contribution in [3.8, 4) is 11.5 Å². The SMILES string of the molecule is N[C@@H](Cc1ccc(O)c(O)c1)C(=O)N(CC(=O)O)C1CC1. The molecule has 1 aliphatic carbocycles. The lowest BCUT2D eigenvalue weighted by Gasteiger charge is -2.24. The normalized spacial score (nSPS) is 15.5. The Balaban J connectivity index is 2.03. The summed E-state index contributed by atoms with van der Waals surface area (Å²) in [5.74, 6) is -2.00. The van der Waals surface area contributed by atoms with Crippen LogP contribution in [0.2, 0.25) is 0 Å². The highest BCUT2D eigenvalue weighted by atomic mass is 16.4. The molecule has 0 radical (unpaired) electrons. The Hall–Kier alpha value is -2.28. The molecule has 0 heterocycles. The van der Waals surface area contributed by atoms with Crippen LogP contribution >= 0.6 is 0 Å². The Morgan fingerprint density at radius 1 is 1.29 bits per heavy atom. The van der Waals surface area contributed by atoms with E-state index in [2.05, 4.69) is 0 Å². The zero-order chi connectivity index (χ0) is 15.6. The van der Waals surface area contributed by atoms with E-state index in [-0.39, 0.29) is 30.5 Å². The summed E-state index contributed by atoms with van der Waals surface area (Å²) in [5, 5.41) is 27.5. The summed E-state index contributed by atoms with van der Waals surface area (Å²) in [5.41, 5.74) is 6.45. The van der Waals surface area contributed by atoms with Gasteiger partial charge in [-0.15, -0.1) is 0 Å². The van der Waals surface area contributed by atoms with Gasteiger partial charge in [-0.25, -0.2) is 0 Å². The van der Waals surface area contributed by atoms with Crippen molar-refractivity contribution >= 4 is 11.9 Å². The number of nitrogens with zero attached hydrogens (tertiary/aromatic N) is 1. The minimum absolute atomic E-state index is 0.0344. The number of rotatable bonds is 6. The van der Waals surface area contributed by atoms with Crippen molar-refractivity contribution in [1.29, 1.82) is 0 Å². The average Bonchev–Trinajstić information content (AvgIpc) is 3.23. The first-order valence-electron chi connectivity index (χ1n) is 6.67. The van der Waals surface area contributed by atoms with Crippen molar-refractivity contribution in [3.05, 3.63) is 23.8 Å². The van der Waals surface area contributed by atoms with Gasteiger partial charge < -0.3 is 26.0 Å². The van der Waals surface area contributed by atoms with Crippen molar-refractivity contribution in [1.82, 2.24) is 4.90 Å². The van der Waals surface area contributed by atoms with Gasteiger partial charge in [0.1, 0.15) is 6.54 Å². The maximum atomic E-state index is 12.2. The van der Waals surface area contributed by atoms with E-state index in [9.17, 15) is 19.8 Å². The van der Waals surface area contributed by atoms with Crippen molar-refractivity contribution in [2.24, 2.45) is 5.73 Å². The Labute approximate surface area is 121 Å². The summed E-state index contributed by atoms with van der Waals surface area (Å²) in [6.45, 7) is -0.349. The smallest absolute Gasteiger partial charge is 0.323 e. The predicted molar refractivity (Wildman–Crippen MR) is 73.8 cm³/mol. The largest absolute Gasteiger partial charge is 0.504 e. The second-order valence-electron chi connectivity index (χ2n) is 5.22. The van der Waals surface area contributed by atoms with Crippen LogP contribution in [0.25, 0.3) is 0 Å². The van der Waals surface area contributed by atoms with Gasteiger partial charge in [0.2, 0.25) is 5.91 Å². The number of hydrogen-bond donors (Lipinski definition) is 4. The van der Waals surface area contributed by atoms with Crippen molar-refractivity contribution in [3.63, 3.8) is 0 Å². The zero-order valence-corrected chi connectivity index (χ0v) is 11.4. The third kappa shape index (κ3) is 3.85. The number of nitrogens with two attached hydrogens (primary N) is 1. The maximum Gasteiger partial charge on any atom is 0.323 e. The summed E-state index contributed by atoms with van der Waals surface area (Å²) in [4.78, 5) is 24.4. The predicted octanol–water partition coefficient (Wildman–Crippen LogP) is 0.0432. The van der Waals surface area contributed by atoms with Crippen molar-refractivity contribution in [2.45, 2.75) is 31.3 Å². The minimum atomic E-state index is -1.07. The summed E-state index contributed by atoms with van der Waals surface area (Å²) in [6.07, 6.45) is 1.76. The molecule has 1 aliphatic rings. The van der Waals surface area contributed by atoms with Gasteiger partial charge in [-0.3, -0.25) is 9.59 Å². The number of phenolic OH excluding ortho intramolecular Hbond substituents is 2. The first-order valence-corrected chi connectivity index (χ1v) is 6.67. The molecule has 7 heteroatoms. The van der Waals surface area contributed by atoms with Gasteiger partial charge in [0, 0.05) is 6.04 Å². The van der Waals surface area contributed by atoms with Gasteiger partial charge in [0.05, 0.1) is 6.04 Å².